The average molecular weight is 413 g/mol. The SMILES string of the molecule is CCN1CCC(NC(=O)CN2CCN(Cc3cccc(Cl)c3Cl)CC2)CC1. The molecular formula is C20H30Cl2N4O. The van der Waals surface area contributed by atoms with Gasteiger partial charge in [0.25, 0.3) is 0 Å². The maximum absolute atomic E-state index is 12.4. The molecule has 1 amide bonds. The summed E-state index contributed by atoms with van der Waals surface area (Å²) in [6, 6.07) is 6.12. The van der Waals surface area contributed by atoms with Gasteiger partial charge in [0, 0.05) is 51.9 Å². The second-order valence-corrected chi connectivity index (χ2v) is 8.33. The van der Waals surface area contributed by atoms with E-state index >= 15 is 0 Å². The summed E-state index contributed by atoms with van der Waals surface area (Å²) in [7, 11) is 0. The van der Waals surface area contributed by atoms with Gasteiger partial charge in [0.1, 0.15) is 0 Å². The summed E-state index contributed by atoms with van der Waals surface area (Å²) < 4.78 is 0. The molecule has 5 nitrogen and oxygen atoms in total. The molecule has 27 heavy (non-hydrogen) atoms. The van der Waals surface area contributed by atoms with Gasteiger partial charge in [-0.25, -0.2) is 0 Å². The summed E-state index contributed by atoms with van der Waals surface area (Å²) in [5.41, 5.74) is 1.06. The molecule has 1 N–H and O–H groups in total. The lowest BCUT2D eigenvalue weighted by atomic mass is 10.1. The summed E-state index contributed by atoms with van der Waals surface area (Å²) in [5.74, 6) is 0.163. The van der Waals surface area contributed by atoms with E-state index in [1.807, 2.05) is 18.2 Å². The fourth-order valence-corrected chi connectivity index (χ4v) is 4.27. The molecule has 0 unspecified atom stereocenters. The topological polar surface area (TPSA) is 38.8 Å². The van der Waals surface area contributed by atoms with Crippen molar-refractivity contribution in [2.24, 2.45) is 0 Å². The summed E-state index contributed by atoms with van der Waals surface area (Å²) in [6.07, 6.45) is 2.13. The minimum Gasteiger partial charge on any atom is -0.352 e. The number of hydrogen-bond acceptors (Lipinski definition) is 4. The van der Waals surface area contributed by atoms with Crippen molar-refractivity contribution in [3.8, 4) is 0 Å². The first-order chi connectivity index (χ1) is 13.0. The van der Waals surface area contributed by atoms with Crippen LogP contribution >= 0.6 is 23.2 Å². The summed E-state index contributed by atoms with van der Waals surface area (Å²) in [6.45, 7) is 10.5. The van der Waals surface area contributed by atoms with Crippen LogP contribution in [0.3, 0.4) is 0 Å². The van der Waals surface area contributed by atoms with Gasteiger partial charge in [-0.3, -0.25) is 14.6 Å². The number of piperidine rings is 1. The van der Waals surface area contributed by atoms with Crippen molar-refractivity contribution in [1.82, 2.24) is 20.0 Å². The number of nitrogens with zero attached hydrogens (tertiary/aromatic N) is 3. The summed E-state index contributed by atoms with van der Waals surface area (Å²) in [4.78, 5) is 19.4. The van der Waals surface area contributed by atoms with Gasteiger partial charge in [0.05, 0.1) is 16.6 Å². The first-order valence-corrected chi connectivity index (χ1v) is 10.7. The lowest BCUT2D eigenvalue weighted by molar-refractivity contribution is -0.123. The van der Waals surface area contributed by atoms with Gasteiger partial charge in [0.15, 0.2) is 0 Å². The molecule has 7 heteroatoms. The van der Waals surface area contributed by atoms with Crippen LogP contribution in [0.25, 0.3) is 0 Å². The van der Waals surface area contributed by atoms with Crippen LogP contribution in [-0.2, 0) is 11.3 Å². The quantitative estimate of drug-likeness (QED) is 0.779. The van der Waals surface area contributed by atoms with E-state index in [1.165, 1.54) is 0 Å². The van der Waals surface area contributed by atoms with Crippen LogP contribution in [0.15, 0.2) is 18.2 Å². The number of amides is 1. The van der Waals surface area contributed by atoms with E-state index in [1.54, 1.807) is 0 Å². The number of carbonyl (C=O) groups excluding carboxylic acids is 1. The lowest BCUT2D eigenvalue weighted by Gasteiger charge is -2.35. The van der Waals surface area contributed by atoms with Crippen molar-refractivity contribution in [3.05, 3.63) is 33.8 Å². The number of piperazine rings is 1. The van der Waals surface area contributed by atoms with Crippen molar-refractivity contribution in [2.45, 2.75) is 32.4 Å². The van der Waals surface area contributed by atoms with Crippen LogP contribution < -0.4 is 5.32 Å². The number of carbonyl (C=O) groups is 1. The third kappa shape index (κ3) is 6.06. The Morgan fingerprint density at radius 3 is 2.37 bits per heavy atom. The molecule has 0 saturated carbocycles. The Kier molecular flexibility index (Phi) is 7.79. The molecule has 0 aromatic heterocycles. The fourth-order valence-electron chi connectivity index (χ4n) is 3.89. The molecule has 0 atom stereocenters. The number of halogens is 2. The predicted molar refractivity (Wildman–Crippen MR) is 111 cm³/mol. The Morgan fingerprint density at radius 2 is 1.70 bits per heavy atom. The normalized spacial score (nSPS) is 20.7. The van der Waals surface area contributed by atoms with Gasteiger partial charge in [-0.1, -0.05) is 42.3 Å². The summed E-state index contributed by atoms with van der Waals surface area (Å²) in [5, 5.41) is 4.48. The number of nitrogens with one attached hydrogen (secondary N) is 1. The highest BCUT2D eigenvalue weighted by Gasteiger charge is 2.23. The van der Waals surface area contributed by atoms with Gasteiger partial charge in [0.2, 0.25) is 5.91 Å². The molecule has 0 spiro atoms. The highest BCUT2D eigenvalue weighted by molar-refractivity contribution is 6.42. The maximum atomic E-state index is 12.4. The second kappa shape index (κ2) is 10.1. The molecule has 3 rings (SSSR count). The van der Waals surface area contributed by atoms with Crippen LogP contribution in [0.5, 0.6) is 0 Å². The monoisotopic (exact) mass is 412 g/mol. The molecule has 2 aliphatic rings. The zero-order valence-electron chi connectivity index (χ0n) is 16.1. The number of hydrogen-bond donors (Lipinski definition) is 1. The Bertz CT molecular complexity index is 626. The van der Waals surface area contributed by atoms with Crippen LogP contribution in [0.1, 0.15) is 25.3 Å². The van der Waals surface area contributed by atoms with Gasteiger partial charge < -0.3 is 10.2 Å². The molecule has 150 valence electrons. The molecule has 2 saturated heterocycles. The van der Waals surface area contributed by atoms with E-state index in [-0.39, 0.29) is 5.91 Å². The molecule has 2 aliphatic heterocycles. The third-order valence-corrected chi connectivity index (χ3v) is 6.52. The molecule has 0 bridgehead atoms. The highest BCUT2D eigenvalue weighted by Crippen LogP contribution is 2.26. The zero-order valence-corrected chi connectivity index (χ0v) is 17.6. The van der Waals surface area contributed by atoms with E-state index in [4.69, 9.17) is 23.2 Å². The van der Waals surface area contributed by atoms with Gasteiger partial charge in [-0.15, -0.1) is 0 Å². The van der Waals surface area contributed by atoms with E-state index in [2.05, 4.69) is 26.9 Å². The first kappa shape index (κ1) is 20.9. The highest BCUT2D eigenvalue weighted by atomic mass is 35.5. The molecule has 1 aromatic carbocycles. The number of likely N-dealkylation sites (tertiary alicyclic amines) is 1. The second-order valence-electron chi connectivity index (χ2n) is 7.54. The third-order valence-electron chi connectivity index (χ3n) is 5.66. The van der Waals surface area contributed by atoms with Crippen LogP contribution in [0.2, 0.25) is 10.0 Å². The maximum Gasteiger partial charge on any atom is 0.234 e. The minimum atomic E-state index is 0.163. The number of rotatable bonds is 6. The molecular weight excluding hydrogens is 383 g/mol. The molecule has 1 aromatic rings. The van der Waals surface area contributed by atoms with Crippen molar-refractivity contribution in [3.63, 3.8) is 0 Å². The Labute approximate surface area is 172 Å². The largest absolute Gasteiger partial charge is 0.352 e. The fraction of sp³-hybridized carbons (Fsp3) is 0.650. The van der Waals surface area contributed by atoms with E-state index in [9.17, 15) is 4.79 Å². The molecule has 2 fully saturated rings. The van der Waals surface area contributed by atoms with Gasteiger partial charge in [-0.05, 0) is 31.0 Å². The van der Waals surface area contributed by atoms with E-state index < -0.39 is 0 Å². The van der Waals surface area contributed by atoms with Crippen LogP contribution in [-0.4, -0.2) is 79.0 Å². The molecule has 0 radical (unpaired) electrons. The van der Waals surface area contributed by atoms with E-state index in [0.29, 0.717) is 22.6 Å². The predicted octanol–water partition coefficient (Wildman–Crippen LogP) is 2.71. The number of benzene rings is 1. The van der Waals surface area contributed by atoms with Crippen molar-refractivity contribution >= 4 is 29.1 Å². The smallest absolute Gasteiger partial charge is 0.234 e. The van der Waals surface area contributed by atoms with Crippen molar-refractivity contribution in [1.29, 1.82) is 0 Å². The minimum absolute atomic E-state index is 0.163. The first-order valence-electron chi connectivity index (χ1n) is 9.94. The Balaban J connectivity index is 1.38. The van der Waals surface area contributed by atoms with Gasteiger partial charge in [-0.2, -0.15) is 0 Å². The average Bonchev–Trinajstić information content (AvgIpc) is 2.67. The van der Waals surface area contributed by atoms with Crippen molar-refractivity contribution in [2.75, 3.05) is 52.4 Å². The van der Waals surface area contributed by atoms with Crippen LogP contribution in [0, 0.1) is 0 Å². The Morgan fingerprint density at radius 1 is 1.04 bits per heavy atom. The molecule has 2 heterocycles. The molecule has 0 aliphatic carbocycles. The Hall–Kier alpha value is -0.850. The summed E-state index contributed by atoms with van der Waals surface area (Å²) >= 11 is 12.4. The van der Waals surface area contributed by atoms with Crippen molar-refractivity contribution < 1.29 is 4.79 Å². The lowest BCUT2D eigenvalue weighted by Crippen LogP contribution is -2.51. The van der Waals surface area contributed by atoms with Gasteiger partial charge >= 0.3 is 0 Å². The standard InChI is InChI=1S/C20H30Cl2N4O/c1-2-24-8-6-17(7-9-24)23-19(27)15-26-12-10-25(11-13-26)14-16-4-3-5-18(21)20(16)22/h3-5,17H,2,6-15H2,1H3,(H,23,27). The van der Waals surface area contributed by atoms with E-state index in [0.717, 1.165) is 70.8 Å². The van der Waals surface area contributed by atoms with Crippen LogP contribution in [0.4, 0.5) is 0 Å². The zero-order chi connectivity index (χ0) is 19.2.